The zero-order valence-corrected chi connectivity index (χ0v) is 17.3. The number of para-hydroxylation sites is 1. The standard InChI is InChI=1S/C24H25N3O3/c1-24(2,3)30-23(29)27(21-7-5-4-6-8-21)17-22(28)26-20-11-9-18(10-12-20)19-13-15-25-16-14-19/h4-16H,17H2,1-3H3,(H,26,28). The van der Waals surface area contributed by atoms with Gasteiger partial charge >= 0.3 is 6.09 Å². The minimum atomic E-state index is -0.663. The summed E-state index contributed by atoms with van der Waals surface area (Å²) in [6.45, 7) is 5.21. The minimum absolute atomic E-state index is 0.162. The highest BCUT2D eigenvalue weighted by Gasteiger charge is 2.25. The van der Waals surface area contributed by atoms with Gasteiger partial charge in [-0.2, -0.15) is 0 Å². The van der Waals surface area contributed by atoms with Crippen molar-refractivity contribution in [2.75, 3.05) is 16.8 Å². The van der Waals surface area contributed by atoms with Crippen LogP contribution in [-0.4, -0.2) is 29.1 Å². The second-order valence-corrected chi connectivity index (χ2v) is 7.76. The number of rotatable bonds is 5. The van der Waals surface area contributed by atoms with Crippen LogP contribution in [0.3, 0.4) is 0 Å². The molecule has 6 nitrogen and oxygen atoms in total. The monoisotopic (exact) mass is 403 g/mol. The van der Waals surface area contributed by atoms with Gasteiger partial charge in [0, 0.05) is 23.8 Å². The lowest BCUT2D eigenvalue weighted by Gasteiger charge is -2.27. The Kier molecular flexibility index (Phi) is 6.47. The first kappa shape index (κ1) is 21.0. The third-order valence-electron chi connectivity index (χ3n) is 4.17. The molecular weight excluding hydrogens is 378 g/mol. The Morgan fingerprint density at radius 1 is 0.900 bits per heavy atom. The van der Waals surface area contributed by atoms with E-state index in [0.29, 0.717) is 11.4 Å². The normalized spacial score (nSPS) is 10.9. The van der Waals surface area contributed by atoms with E-state index in [2.05, 4.69) is 10.3 Å². The summed E-state index contributed by atoms with van der Waals surface area (Å²) in [4.78, 5) is 30.7. The van der Waals surface area contributed by atoms with Crippen LogP contribution >= 0.6 is 0 Å². The molecule has 3 aromatic rings. The summed E-state index contributed by atoms with van der Waals surface area (Å²) < 4.78 is 5.47. The number of amides is 2. The third-order valence-corrected chi connectivity index (χ3v) is 4.17. The fourth-order valence-corrected chi connectivity index (χ4v) is 2.82. The second-order valence-electron chi connectivity index (χ2n) is 7.76. The van der Waals surface area contributed by atoms with Crippen LogP contribution < -0.4 is 10.2 Å². The predicted octanol–water partition coefficient (Wildman–Crippen LogP) is 5.13. The van der Waals surface area contributed by atoms with Gasteiger partial charge < -0.3 is 10.1 Å². The molecule has 30 heavy (non-hydrogen) atoms. The Morgan fingerprint density at radius 2 is 1.50 bits per heavy atom. The van der Waals surface area contributed by atoms with Gasteiger partial charge in [0.15, 0.2) is 0 Å². The number of ether oxygens (including phenoxy) is 1. The SMILES string of the molecule is CC(C)(C)OC(=O)N(CC(=O)Nc1ccc(-c2ccncc2)cc1)c1ccccc1. The van der Waals surface area contributed by atoms with Crippen LogP contribution in [0.5, 0.6) is 0 Å². The smallest absolute Gasteiger partial charge is 0.415 e. The van der Waals surface area contributed by atoms with E-state index in [-0.39, 0.29) is 12.5 Å². The van der Waals surface area contributed by atoms with Crippen LogP contribution in [-0.2, 0) is 9.53 Å². The molecule has 0 aliphatic heterocycles. The summed E-state index contributed by atoms with van der Waals surface area (Å²) in [5.41, 5.74) is 2.65. The topological polar surface area (TPSA) is 71.5 Å². The van der Waals surface area contributed by atoms with Crippen molar-refractivity contribution in [1.29, 1.82) is 0 Å². The number of carbonyl (C=O) groups excluding carboxylic acids is 2. The number of hydrogen-bond donors (Lipinski definition) is 1. The molecule has 0 saturated heterocycles. The van der Waals surface area contributed by atoms with E-state index in [9.17, 15) is 9.59 Å². The second kappa shape index (κ2) is 9.22. The highest BCUT2D eigenvalue weighted by molar-refractivity contribution is 6.00. The summed E-state index contributed by atoms with van der Waals surface area (Å²) >= 11 is 0. The fraction of sp³-hybridized carbons (Fsp3) is 0.208. The van der Waals surface area contributed by atoms with E-state index in [0.717, 1.165) is 11.1 Å². The highest BCUT2D eigenvalue weighted by atomic mass is 16.6. The maximum Gasteiger partial charge on any atom is 0.415 e. The summed E-state index contributed by atoms with van der Waals surface area (Å²) in [5.74, 6) is -0.318. The van der Waals surface area contributed by atoms with Crippen LogP contribution in [0.25, 0.3) is 11.1 Å². The van der Waals surface area contributed by atoms with Crippen molar-refractivity contribution in [1.82, 2.24) is 4.98 Å². The number of carbonyl (C=O) groups is 2. The Morgan fingerprint density at radius 3 is 2.10 bits per heavy atom. The van der Waals surface area contributed by atoms with E-state index < -0.39 is 11.7 Å². The molecule has 0 aliphatic carbocycles. The van der Waals surface area contributed by atoms with Crippen LogP contribution in [0.4, 0.5) is 16.2 Å². The van der Waals surface area contributed by atoms with Gasteiger partial charge in [0.05, 0.1) is 0 Å². The van der Waals surface area contributed by atoms with Crippen molar-refractivity contribution in [3.05, 3.63) is 79.1 Å². The van der Waals surface area contributed by atoms with Gasteiger partial charge in [0.1, 0.15) is 12.1 Å². The molecule has 0 unspecified atom stereocenters. The van der Waals surface area contributed by atoms with Gasteiger partial charge in [-0.25, -0.2) is 4.79 Å². The molecule has 2 amide bonds. The first-order valence-corrected chi connectivity index (χ1v) is 9.68. The molecule has 1 aromatic heterocycles. The van der Waals surface area contributed by atoms with Crippen molar-refractivity contribution < 1.29 is 14.3 Å². The van der Waals surface area contributed by atoms with Gasteiger partial charge in [-0.05, 0) is 68.3 Å². The third kappa shape index (κ3) is 5.91. The maximum absolute atomic E-state index is 12.7. The van der Waals surface area contributed by atoms with E-state index >= 15 is 0 Å². The van der Waals surface area contributed by atoms with Gasteiger partial charge in [0.2, 0.25) is 5.91 Å². The van der Waals surface area contributed by atoms with Gasteiger partial charge in [-0.1, -0.05) is 30.3 Å². The number of anilines is 2. The van der Waals surface area contributed by atoms with Crippen LogP contribution in [0.2, 0.25) is 0 Å². The molecule has 0 saturated carbocycles. The first-order chi connectivity index (χ1) is 14.3. The molecule has 0 radical (unpaired) electrons. The van der Waals surface area contributed by atoms with Crippen molar-refractivity contribution >= 4 is 23.4 Å². The number of aromatic nitrogens is 1. The maximum atomic E-state index is 12.7. The minimum Gasteiger partial charge on any atom is -0.443 e. The van der Waals surface area contributed by atoms with Crippen molar-refractivity contribution in [2.24, 2.45) is 0 Å². The van der Waals surface area contributed by atoms with Gasteiger partial charge in [-0.15, -0.1) is 0 Å². The van der Waals surface area contributed by atoms with E-state index in [1.165, 1.54) is 4.90 Å². The molecule has 1 N–H and O–H groups in total. The van der Waals surface area contributed by atoms with Crippen molar-refractivity contribution in [3.63, 3.8) is 0 Å². The summed E-state index contributed by atoms with van der Waals surface area (Å²) in [5, 5.41) is 2.84. The first-order valence-electron chi connectivity index (χ1n) is 9.68. The van der Waals surface area contributed by atoms with E-state index in [4.69, 9.17) is 4.74 Å². The van der Waals surface area contributed by atoms with Crippen molar-refractivity contribution in [3.8, 4) is 11.1 Å². The molecule has 0 fully saturated rings. The summed E-state index contributed by atoms with van der Waals surface area (Å²) in [7, 11) is 0. The van der Waals surface area contributed by atoms with Crippen LogP contribution in [0.15, 0.2) is 79.1 Å². The van der Waals surface area contributed by atoms with Crippen LogP contribution in [0, 0.1) is 0 Å². The molecule has 6 heteroatoms. The molecule has 0 bridgehead atoms. The Hall–Kier alpha value is -3.67. The highest BCUT2D eigenvalue weighted by Crippen LogP contribution is 2.21. The van der Waals surface area contributed by atoms with E-state index in [1.54, 1.807) is 45.3 Å². The van der Waals surface area contributed by atoms with E-state index in [1.807, 2.05) is 54.6 Å². The quantitative estimate of drug-likeness (QED) is 0.641. The molecular formula is C24H25N3O3. The van der Waals surface area contributed by atoms with Gasteiger partial charge in [-0.3, -0.25) is 14.7 Å². The molecule has 0 atom stereocenters. The zero-order chi connectivity index (χ0) is 21.6. The fourth-order valence-electron chi connectivity index (χ4n) is 2.82. The zero-order valence-electron chi connectivity index (χ0n) is 17.3. The Balaban J connectivity index is 1.70. The van der Waals surface area contributed by atoms with Crippen molar-refractivity contribution in [2.45, 2.75) is 26.4 Å². The molecule has 154 valence electrons. The number of hydrogen-bond acceptors (Lipinski definition) is 4. The average molecular weight is 403 g/mol. The number of nitrogens with zero attached hydrogens (tertiary/aromatic N) is 2. The molecule has 0 spiro atoms. The number of nitrogens with one attached hydrogen (secondary N) is 1. The lowest BCUT2D eigenvalue weighted by Crippen LogP contribution is -2.41. The molecule has 0 aliphatic rings. The predicted molar refractivity (Wildman–Crippen MR) is 118 cm³/mol. The molecule has 1 heterocycles. The molecule has 3 rings (SSSR count). The average Bonchev–Trinajstić information content (AvgIpc) is 2.72. The van der Waals surface area contributed by atoms with Gasteiger partial charge in [0.25, 0.3) is 0 Å². The Bertz CT molecular complexity index is 982. The lowest BCUT2D eigenvalue weighted by atomic mass is 10.1. The lowest BCUT2D eigenvalue weighted by molar-refractivity contribution is -0.115. The number of pyridine rings is 1. The summed E-state index contributed by atoms with van der Waals surface area (Å²) in [6, 6.07) is 20.3. The Labute approximate surface area is 176 Å². The van der Waals surface area contributed by atoms with Crippen LogP contribution in [0.1, 0.15) is 20.8 Å². The molecule has 2 aromatic carbocycles. The summed E-state index contributed by atoms with van der Waals surface area (Å²) in [6.07, 6.45) is 2.90. The number of benzene rings is 2. The largest absolute Gasteiger partial charge is 0.443 e.